The minimum absolute atomic E-state index is 0.315. The molecular formula is C16H26O2. The highest BCUT2D eigenvalue weighted by molar-refractivity contribution is 5.38. The van der Waals surface area contributed by atoms with Crippen molar-refractivity contribution in [2.45, 2.75) is 65.4 Å². The van der Waals surface area contributed by atoms with Gasteiger partial charge >= 0.3 is 0 Å². The zero-order valence-corrected chi connectivity index (χ0v) is 12.2. The summed E-state index contributed by atoms with van der Waals surface area (Å²) in [6, 6.07) is 0. The van der Waals surface area contributed by atoms with E-state index in [1.807, 2.05) is 0 Å². The van der Waals surface area contributed by atoms with Crippen molar-refractivity contribution in [1.82, 2.24) is 0 Å². The van der Waals surface area contributed by atoms with Crippen LogP contribution in [-0.2, 0) is 9.53 Å². The van der Waals surface area contributed by atoms with E-state index < -0.39 is 0 Å². The number of ether oxygens (including phenoxy) is 1. The summed E-state index contributed by atoms with van der Waals surface area (Å²) >= 11 is 0. The molecule has 0 radical (unpaired) electrons. The highest BCUT2D eigenvalue weighted by Crippen LogP contribution is 2.37. The standard InChI is InChI=1S/C16H26O2/c1-13(2)6-5-11-16(4,18-12-17)15-9-7-14(3)8-10-15/h6-7,12,15H,5,8-11H2,1-4H3. The SMILES string of the molecule is CC(C)=CCCC(C)(OC=O)C1CC=C(C)CC1. The molecule has 0 heterocycles. The Balaban J connectivity index is 2.67. The molecule has 2 atom stereocenters. The lowest BCUT2D eigenvalue weighted by atomic mass is 9.76. The Hall–Kier alpha value is -1.05. The van der Waals surface area contributed by atoms with E-state index in [1.165, 1.54) is 11.1 Å². The van der Waals surface area contributed by atoms with Crippen LogP contribution >= 0.6 is 0 Å². The van der Waals surface area contributed by atoms with Crippen molar-refractivity contribution in [3.8, 4) is 0 Å². The fraction of sp³-hybridized carbons (Fsp3) is 0.688. The van der Waals surface area contributed by atoms with E-state index >= 15 is 0 Å². The van der Waals surface area contributed by atoms with E-state index in [0.29, 0.717) is 12.4 Å². The smallest absolute Gasteiger partial charge is 0.293 e. The predicted molar refractivity (Wildman–Crippen MR) is 75.3 cm³/mol. The third-order valence-corrected chi connectivity index (χ3v) is 4.01. The lowest BCUT2D eigenvalue weighted by molar-refractivity contribution is -0.149. The van der Waals surface area contributed by atoms with Crippen molar-refractivity contribution >= 4 is 6.47 Å². The lowest BCUT2D eigenvalue weighted by Gasteiger charge is -2.37. The second kappa shape index (κ2) is 6.77. The summed E-state index contributed by atoms with van der Waals surface area (Å²) in [6.45, 7) is 9.08. The molecule has 0 fully saturated rings. The molecule has 0 aromatic carbocycles. The maximum Gasteiger partial charge on any atom is 0.293 e. The van der Waals surface area contributed by atoms with Crippen molar-refractivity contribution in [2.75, 3.05) is 0 Å². The Morgan fingerprint density at radius 2 is 2.28 bits per heavy atom. The molecule has 0 N–H and O–H groups in total. The molecule has 0 aromatic heterocycles. The van der Waals surface area contributed by atoms with E-state index in [-0.39, 0.29) is 5.60 Å². The van der Waals surface area contributed by atoms with Crippen LogP contribution in [0.25, 0.3) is 0 Å². The van der Waals surface area contributed by atoms with Crippen LogP contribution in [0.5, 0.6) is 0 Å². The van der Waals surface area contributed by atoms with Gasteiger partial charge < -0.3 is 4.74 Å². The Morgan fingerprint density at radius 3 is 2.78 bits per heavy atom. The van der Waals surface area contributed by atoms with Gasteiger partial charge in [0.05, 0.1) is 0 Å². The molecule has 0 bridgehead atoms. The molecule has 0 saturated heterocycles. The van der Waals surface area contributed by atoms with Gasteiger partial charge in [0.15, 0.2) is 0 Å². The minimum Gasteiger partial charge on any atom is -0.461 e. The molecule has 0 amide bonds. The van der Waals surface area contributed by atoms with Crippen molar-refractivity contribution < 1.29 is 9.53 Å². The third-order valence-electron chi connectivity index (χ3n) is 4.01. The molecule has 1 aliphatic carbocycles. The summed E-state index contributed by atoms with van der Waals surface area (Å²) in [5, 5.41) is 0. The Bertz CT molecular complexity index is 337. The van der Waals surface area contributed by atoms with E-state index in [4.69, 9.17) is 4.74 Å². The first-order valence-electron chi connectivity index (χ1n) is 6.88. The number of rotatable bonds is 6. The fourth-order valence-corrected chi connectivity index (χ4v) is 2.64. The van der Waals surface area contributed by atoms with E-state index in [2.05, 4.69) is 39.8 Å². The average molecular weight is 250 g/mol. The fourth-order valence-electron chi connectivity index (χ4n) is 2.64. The Morgan fingerprint density at radius 1 is 1.56 bits per heavy atom. The minimum atomic E-state index is -0.315. The number of carbonyl (C=O) groups excluding carboxylic acids is 1. The van der Waals surface area contributed by atoms with Crippen LogP contribution in [0, 0.1) is 5.92 Å². The molecule has 2 unspecified atom stereocenters. The van der Waals surface area contributed by atoms with Crippen molar-refractivity contribution in [1.29, 1.82) is 0 Å². The van der Waals surface area contributed by atoms with Crippen LogP contribution in [0.3, 0.4) is 0 Å². The van der Waals surface area contributed by atoms with Gasteiger partial charge in [0, 0.05) is 5.92 Å². The molecule has 2 nitrogen and oxygen atoms in total. The lowest BCUT2D eigenvalue weighted by Crippen LogP contribution is -2.38. The zero-order valence-electron chi connectivity index (χ0n) is 12.2. The van der Waals surface area contributed by atoms with Crippen molar-refractivity contribution in [3.05, 3.63) is 23.3 Å². The summed E-state index contributed by atoms with van der Waals surface area (Å²) in [5.41, 5.74) is 2.47. The molecule has 102 valence electrons. The number of hydrogen-bond donors (Lipinski definition) is 0. The maximum absolute atomic E-state index is 10.8. The second-order valence-electron chi connectivity index (χ2n) is 5.87. The van der Waals surface area contributed by atoms with Crippen LogP contribution in [0.15, 0.2) is 23.3 Å². The van der Waals surface area contributed by atoms with E-state index in [9.17, 15) is 4.79 Å². The number of hydrogen-bond acceptors (Lipinski definition) is 2. The molecule has 0 spiro atoms. The van der Waals surface area contributed by atoms with Gasteiger partial charge in [-0.05, 0) is 59.8 Å². The van der Waals surface area contributed by atoms with Crippen LogP contribution in [0.4, 0.5) is 0 Å². The van der Waals surface area contributed by atoms with Gasteiger partial charge in [-0.25, -0.2) is 0 Å². The topological polar surface area (TPSA) is 26.3 Å². The summed E-state index contributed by atoms with van der Waals surface area (Å²) in [4.78, 5) is 10.8. The first-order valence-corrected chi connectivity index (χ1v) is 6.88. The normalized spacial score (nSPS) is 22.7. The molecule has 1 rings (SSSR count). The quantitative estimate of drug-likeness (QED) is 0.515. The van der Waals surface area contributed by atoms with E-state index in [1.54, 1.807) is 0 Å². The molecule has 0 aliphatic heterocycles. The van der Waals surface area contributed by atoms with Crippen molar-refractivity contribution in [3.63, 3.8) is 0 Å². The molecule has 0 aromatic rings. The number of allylic oxidation sites excluding steroid dienone is 4. The molecule has 2 heteroatoms. The summed E-state index contributed by atoms with van der Waals surface area (Å²) in [7, 11) is 0. The van der Waals surface area contributed by atoms with Gasteiger partial charge in [-0.2, -0.15) is 0 Å². The molecular weight excluding hydrogens is 224 g/mol. The second-order valence-corrected chi connectivity index (χ2v) is 5.87. The van der Waals surface area contributed by atoms with Gasteiger partial charge in [-0.15, -0.1) is 0 Å². The summed E-state index contributed by atoms with van der Waals surface area (Å²) in [6.07, 6.45) is 9.69. The Kier molecular flexibility index (Phi) is 5.64. The van der Waals surface area contributed by atoms with Gasteiger partial charge in [-0.3, -0.25) is 4.79 Å². The highest BCUT2D eigenvalue weighted by Gasteiger charge is 2.35. The first kappa shape index (κ1) is 15.0. The summed E-state index contributed by atoms with van der Waals surface area (Å²) in [5.74, 6) is 0.456. The van der Waals surface area contributed by atoms with Crippen LogP contribution < -0.4 is 0 Å². The molecule has 1 aliphatic rings. The predicted octanol–water partition coefficient (Wildman–Crippen LogP) is 4.41. The Labute approximate surface area is 111 Å². The average Bonchev–Trinajstić information content (AvgIpc) is 2.29. The van der Waals surface area contributed by atoms with Gasteiger partial charge in [-0.1, -0.05) is 23.3 Å². The van der Waals surface area contributed by atoms with Gasteiger partial charge in [0.25, 0.3) is 6.47 Å². The molecule has 0 saturated carbocycles. The number of carbonyl (C=O) groups is 1. The monoisotopic (exact) mass is 250 g/mol. The van der Waals surface area contributed by atoms with Gasteiger partial charge in [0.1, 0.15) is 5.60 Å². The van der Waals surface area contributed by atoms with Crippen LogP contribution in [0.2, 0.25) is 0 Å². The van der Waals surface area contributed by atoms with E-state index in [0.717, 1.165) is 32.1 Å². The van der Waals surface area contributed by atoms with Crippen LogP contribution in [-0.4, -0.2) is 12.1 Å². The van der Waals surface area contributed by atoms with Crippen LogP contribution in [0.1, 0.15) is 59.8 Å². The third kappa shape index (κ3) is 4.32. The summed E-state index contributed by atoms with van der Waals surface area (Å²) < 4.78 is 5.45. The maximum atomic E-state index is 10.8. The largest absolute Gasteiger partial charge is 0.461 e. The molecule has 18 heavy (non-hydrogen) atoms. The van der Waals surface area contributed by atoms with Gasteiger partial charge in [0.2, 0.25) is 0 Å². The first-order chi connectivity index (χ1) is 8.48. The zero-order chi connectivity index (χ0) is 13.6. The van der Waals surface area contributed by atoms with Crippen molar-refractivity contribution in [2.24, 2.45) is 5.92 Å². The highest BCUT2D eigenvalue weighted by atomic mass is 16.5.